The van der Waals surface area contributed by atoms with Crippen molar-refractivity contribution in [3.05, 3.63) is 28.3 Å². The number of nitro benzene ring substituents is 1. The van der Waals surface area contributed by atoms with Gasteiger partial charge in [-0.25, -0.2) is 9.78 Å². The fraction of sp³-hybridized carbons (Fsp3) is 0.556. The molecular formula is C18H25N5O4. The number of H-pyrrole nitrogens is 1. The van der Waals surface area contributed by atoms with Crippen LogP contribution >= 0.6 is 0 Å². The zero-order valence-electron chi connectivity index (χ0n) is 15.8. The number of hydrogen-bond acceptors (Lipinski definition) is 6. The van der Waals surface area contributed by atoms with Gasteiger partial charge >= 0.3 is 6.09 Å². The maximum atomic E-state index is 12.5. The van der Waals surface area contributed by atoms with Crippen molar-refractivity contribution in [1.82, 2.24) is 14.9 Å². The molecular weight excluding hydrogens is 350 g/mol. The van der Waals surface area contributed by atoms with Gasteiger partial charge in [0.1, 0.15) is 5.60 Å². The summed E-state index contributed by atoms with van der Waals surface area (Å²) in [4.78, 5) is 32.1. The second kappa shape index (κ2) is 7.42. The van der Waals surface area contributed by atoms with Crippen molar-refractivity contribution < 1.29 is 14.5 Å². The lowest BCUT2D eigenvalue weighted by Crippen LogP contribution is -2.48. The zero-order chi connectivity index (χ0) is 19.6. The van der Waals surface area contributed by atoms with Gasteiger partial charge in [-0.05, 0) is 46.1 Å². The summed E-state index contributed by atoms with van der Waals surface area (Å²) < 4.78 is 5.52. The molecule has 0 spiro atoms. The van der Waals surface area contributed by atoms with E-state index >= 15 is 0 Å². The normalized spacial score (nSPS) is 17.7. The van der Waals surface area contributed by atoms with Crippen LogP contribution < -0.4 is 5.32 Å². The molecule has 0 bridgehead atoms. The molecule has 146 valence electrons. The number of fused-ring (bicyclic) bond motifs is 1. The van der Waals surface area contributed by atoms with Gasteiger partial charge in [-0.15, -0.1) is 0 Å². The topological polar surface area (TPSA) is 113 Å². The predicted octanol–water partition coefficient (Wildman–Crippen LogP) is 3.67. The third kappa shape index (κ3) is 4.66. The summed E-state index contributed by atoms with van der Waals surface area (Å²) in [5, 5.41) is 14.1. The first kappa shape index (κ1) is 18.9. The monoisotopic (exact) mass is 375 g/mol. The average molecular weight is 375 g/mol. The summed E-state index contributed by atoms with van der Waals surface area (Å²) in [6.45, 7) is 6.77. The van der Waals surface area contributed by atoms with Crippen LogP contribution in [0.15, 0.2) is 18.2 Å². The van der Waals surface area contributed by atoms with Gasteiger partial charge in [-0.1, -0.05) is 0 Å². The molecule has 2 N–H and O–H groups in total. The Labute approximate surface area is 157 Å². The van der Waals surface area contributed by atoms with Crippen LogP contribution in [0.25, 0.3) is 11.0 Å². The Balaban J connectivity index is 1.67. The molecule has 1 fully saturated rings. The van der Waals surface area contributed by atoms with E-state index in [4.69, 9.17) is 4.74 Å². The number of non-ortho nitro benzene ring substituents is 1. The highest BCUT2D eigenvalue weighted by atomic mass is 16.6. The number of hydrogen-bond donors (Lipinski definition) is 2. The minimum Gasteiger partial charge on any atom is -0.444 e. The molecule has 0 unspecified atom stereocenters. The van der Waals surface area contributed by atoms with Gasteiger partial charge in [0.2, 0.25) is 5.95 Å². The molecule has 1 aliphatic heterocycles. The Bertz CT molecular complexity index is 842. The standard InChI is InChI=1S/C18H25N5O4/c1-18(2,3)27-17(24)22-9-5-4-6-13(22)11-19-16-20-14-8-7-12(23(25)26)10-15(14)21-16/h7-8,10,13H,4-6,9,11H2,1-3H3,(H2,19,20,21)/t13-/m1/s1. The van der Waals surface area contributed by atoms with Crippen LogP contribution in [-0.2, 0) is 4.74 Å². The van der Waals surface area contributed by atoms with Crippen molar-refractivity contribution in [3.8, 4) is 0 Å². The van der Waals surface area contributed by atoms with E-state index in [1.807, 2.05) is 20.8 Å². The van der Waals surface area contributed by atoms with E-state index in [-0.39, 0.29) is 17.8 Å². The van der Waals surface area contributed by atoms with E-state index in [0.717, 1.165) is 19.3 Å². The van der Waals surface area contributed by atoms with Crippen LogP contribution in [0.5, 0.6) is 0 Å². The van der Waals surface area contributed by atoms with Crippen LogP contribution in [0.1, 0.15) is 40.0 Å². The van der Waals surface area contributed by atoms with Crippen LogP contribution in [-0.4, -0.2) is 50.6 Å². The smallest absolute Gasteiger partial charge is 0.410 e. The summed E-state index contributed by atoms with van der Waals surface area (Å²) >= 11 is 0. The molecule has 0 radical (unpaired) electrons. The lowest BCUT2D eigenvalue weighted by atomic mass is 10.0. The quantitative estimate of drug-likeness (QED) is 0.622. The SMILES string of the molecule is CC(C)(C)OC(=O)N1CCCC[C@@H]1CNc1nc2ccc([N+](=O)[O-])cc2[nH]1. The number of amides is 1. The number of nitrogens with zero attached hydrogens (tertiary/aromatic N) is 3. The Hall–Kier alpha value is -2.84. The third-order valence-corrected chi connectivity index (χ3v) is 4.44. The number of aromatic nitrogens is 2. The maximum absolute atomic E-state index is 12.5. The number of nitrogens with one attached hydrogen (secondary N) is 2. The first-order valence-corrected chi connectivity index (χ1v) is 9.10. The summed E-state index contributed by atoms with van der Waals surface area (Å²) in [7, 11) is 0. The Kier molecular flexibility index (Phi) is 5.20. The van der Waals surface area contributed by atoms with E-state index < -0.39 is 10.5 Å². The first-order chi connectivity index (χ1) is 12.7. The highest BCUT2D eigenvalue weighted by molar-refractivity contribution is 5.79. The number of piperidine rings is 1. The van der Waals surface area contributed by atoms with E-state index in [1.165, 1.54) is 12.1 Å². The van der Waals surface area contributed by atoms with E-state index in [9.17, 15) is 14.9 Å². The zero-order valence-corrected chi connectivity index (χ0v) is 15.8. The van der Waals surface area contributed by atoms with E-state index in [0.29, 0.717) is 30.1 Å². The molecule has 1 aromatic carbocycles. The number of aromatic amines is 1. The summed E-state index contributed by atoms with van der Waals surface area (Å²) in [6.07, 6.45) is 2.61. The second-order valence-corrected chi connectivity index (χ2v) is 7.75. The summed E-state index contributed by atoms with van der Waals surface area (Å²) in [5.41, 5.74) is 0.733. The number of carbonyl (C=O) groups excluding carboxylic acids is 1. The Morgan fingerprint density at radius 1 is 1.44 bits per heavy atom. The maximum Gasteiger partial charge on any atom is 0.410 e. The van der Waals surface area contributed by atoms with Crippen LogP contribution in [0.3, 0.4) is 0 Å². The molecule has 1 amide bonds. The highest BCUT2D eigenvalue weighted by Crippen LogP contribution is 2.23. The molecule has 27 heavy (non-hydrogen) atoms. The molecule has 1 saturated heterocycles. The Morgan fingerprint density at radius 3 is 2.93 bits per heavy atom. The van der Waals surface area contributed by atoms with Crippen molar-refractivity contribution >= 4 is 28.8 Å². The fourth-order valence-corrected chi connectivity index (χ4v) is 3.18. The van der Waals surface area contributed by atoms with E-state index in [2.05, 4.69) is 15.3 Å². The summed E-state index contributed by atoms with van der Waals surface area (Å²) in [5.74, 6) is 0.528. The van der Waals surface area contributed by atoms with Gasteiger partial charge in [0.05, 0.1) is 22.0 Å². The molecule has 9 heteroatoms. The number of benzene rings is 1. The van der Waals surface area contributed by atoms with Crippen LogP contribution in [0, 0.1) is 10.1 Å². The largest absolute Gasteiger partial charge is 0.444 e. The average Bonchev–Trinajstić information content (AvgIpc) is 3.00. The number of nitro groups is 1. The number of ether oxygens (including phenoxy) is 1. The van der Waals surface area contributed by atoms with Crippen LogP contribution in [0.2, 0.25) is 0 Å². The Morgan fingerprint density at radius 2 is 2.22 bits per heavy atom. The van der Waals surface area contributed by atoms with Crippen molar-refractivity contribution in [1.29, 1.82) is 0 Å². The van der Waals surface area contributed by atoms with Crippen molar-refractivity contribution in [3.63, 3.8) is 0 Å². The fourth-order valence-electron chi connectivity index (χ4n) is 3.18. The second-order valence-electron chi connectivity index (χ2n) is 7.75. The van der Waals surface area contributed by atoms with Gasteiger partial charge < -0.3 is 19.9 Å². The number of rotatable bonds is 4. The number of anilines is 1. The minimum atomic E-state index is -0.528. The molecule has 1 atom stereocenters. The molecule has 2 aromatic rings. The highest BCUT2D eigenvalue weighted by Gasteiger charge is 2.30. The summed E-state index contributed by atoms with van der Waals surface area (Å²) in [6, 6.07) is 4.51. The molecule has 3 rings (SSSR count). The minimum absolute atomic E-state index is 0.0103. The van der Waals surface area contributed by atoms with Gasteiger partial charge in [0, 0.05) is 25.2 Å². The molecule has 9 nitrogen and oxygen atoms in total. The number of imidazole rings is 1. The molecule has 0 aliphatic carbocycles. The van der Waals surface area contributed by atoms with Gasteiger partial charge in [-0.3, -0.25) is 10.1 Å². The van der Waals surface area contributed by atoms with Crippen molar-refractivity contribution in [2.75, 3.05) is 18.4 Å². The molecule has 1 aliphatic rings. The predicted molar refractivity (Wildman–Crippen MR) is 102 cm³/mol. The lowest BCUT2D eigenvalue weighted by molar-refractivity contribution is -0.384. The van der Waals surface area contributed by atoms with Gasteiger partial charge in [-0.2, -0.15) is 0 Å². The first-order valence-electron chi connectivity index (χ1n) is 9.10. The van der Waals surface area contributed by atoms with Crippen LogP contribution in [0.4, 0.5) is 16.4 Å². The number of carbonyl (C=O) groups is 1. The van der Waals surface area contributed by atoms with E-state index in [1.54, 1.807) is 11.0 Å². The van der Waals surface area contributed by atoms with Crippen molar-refractivity contribution in [2.24, 2.45) is 0 Å². The van der Waals surface area contributed by atoms with Gasteiger partial charge in [0.15, 0.2) is 0 Å². The molecule has 2 heterocycles. The van der Waals surface area contributed by atoms with Crippen molar-refractivity contribution in [2.45, 2.75) is 51.7 Å². The number of likely N-dealkylation sites (tertiary alicyclic amines) is 1. The van der Waals surface area contributed by atoms with Gasteiger partial charge in [0.25, 0.3) is 5.69 Å². The molecule has 0 saturated carbocycles. The third-order valence-electron chi connectivity index (χ3n) is 4.44. The lowest BCUT2D eigenvalue weighted by Gasteiger charge is -2.36. The molecule has 1 aromatic heterocycles.